The fraction of sp³-hybridized carbons (Fsp3) is 0.621. The number of phenolic OH excluding ortho intramolecular Hbond substituents is 2. The van der Waals surface area contributed by atoms with Crippen molar-refractivity contribution >= 4 is 73.9 Å². The van der Waals surface area contributed by atoms with Crippen molar-refractivity contribution in [3.8, 4) is 74.3 Å². The van der Waals surface area contributed by atoms with Crippen LogP contribution in [-0.4, -0.2) is 266 Å². The Labute approximate surface area is 761 Å². The number of aldehydes is 1. The van der Waals surface area contributed by atoms with Gasteiger partial charge in [-0.15, -0.1) is 54.6 Å². The van der Waals surface area contributed by atoms with Crippen molar-refractivity contribution in [2.75, 3.05) is 147 Å². The van der Waals surface area contributed by atoms with Gasteiger partial charge in [0.15, 0.2) is 53.6 Å². The Morgan fingerprint density at radius 1 is 0.472 bits per heavy atom. The number of ether oxygens (including phenoxy) is 6. The Morgan fingerprint density at radius 2 is 0.792 bits per heavy atom. The lowest BCUT2D eigenvalue weighted by Gasteiger charge is -2.19. The van der Waals surface area contributed by atoms with E-state index in [-0.39, 0.29) is 102 Å². The van der Waals surface area contributed by atoms with Crippen LogP contribution in [0.15, 0.2) is 64.0 Å². The third-order valence-electron chi connectivity index (χ3n) is 18.9. The highest BCUT2D eigenvalue weighted by Gasteiger charge is 2.32. The van der Waals surface area contributed by atoms with E-state index in [1.165, 1.54) is 32.9 Å². The van der Waals surface area contributed by atoms with Gasteiger partial charge in [-0.05, 0) is 302 Å². The highest BCUT2D eigenvalue weighted by Crippen LogP contribution is 2.43. The maximum atomic E-state index is 13.1. The molecule has 3 N–H and O–H groups in total. The summed E-state index contributed by atoms with van der Waals surface area (Å²) in [5.41, 5.74) is 10.8. The monoisotopic (exact) mass is 1870 g/mol. The first-order chi connectivity index (χ1) is 57.9. The van der Waals surface area contributed by atoms with Crippen LogP contribution in [0.3, 0.4) is 0 Å². The van der Waals surface area contributed by atoms with Crippen molar-refractivity contribution in [1.82, 2.24) is 78.7 Å². The molecule has 38 heteroatoms. The van der Waals surface area contributed by atoms with Gasteiger partial charge in [0.05, 0.1) is 33.8 Å². The van der Waals surface area contributed by atoms with Gasteiger partial charge in [-0.2, -0.15) is 18.3 Å². The second-order valence-electron chi connectivity index (χ2n) is 33.4. The second-order valence-corrected chi connectivity index (χ2v) is 39.2. The number of phenols is 2. The maximum Gasteiger partial charge on any atom is 0.446 e. The zero-order valence-corrected chi connectivity index (χ0v) is 83.9. The van der Waals surface area contributed by atoms with E-state index in [1.54, 1.807) is 43.7 Å². The van der Waals surface area contributed by atoms with Crippen molar-refractivity contribution in [2.45, 2.75) is 227 Å². The number of aromatic nitrogens is 12. The molecule has 0 aliphatic heterocycles. The van der Waals surface area contributed by atoms with Crippen LogP contribution in [0, 0.1) is 25.5 Å². The first-order valence-electron chi connectivity index (χ1n) is 41.5. The zero-order valence-electron chi connectivity index (χ0n) is 79.1. The van der Waals surface area contributed by atoms with E-state index < -0.39 is 32.1 Å². The van der Waals surface area contributed by atoms with Gasteiger partial charge in [-0.1, -0.05) is 67.2 Å². The van der Waals surface area contributed by atoms with Gasteiger partial charge >= 0.3 is 6.18 Å². The van der Waals surface area contributed by atoms with E-state index in [0.717, 1.165) is 88.1 Å². The molecular weight excluding hydrogens is 1730 g/mol. The molecule has 8 aromatic rings. The van der Waals surface area contributed by atoms with Crippen LogP contribution in [0.2, 0.25) is 0 Å². The van der Waals surface area contributed by atoms with E-state index in [2.05, 4.69) is 171 Å². The predicted molar refractivity (Wildman–Crippen MR) is 500 cm³/mol. The number of aryl methyl sites for hydroxylation is 3. The maximum absolute atomic E-state index is 13.1. The topological polar surface area (TPSA) is 320 Å². The highest BCUT2D eigenvalue weighted by atomic mass is 35.5. The average Bonchev–Trinajstić information content (AvgIpc) is 1.64. The first-order valence-corrected chi connectivity index (χ1v) is 46.8. The number of carbonyl (C=O) groups excluding carboxylic acids is 1. The van der Waals surface area contributed by atoms with Crippen molar-refractivity contribution in [1.29, 1.82) is 0 Å². The minimum atomic E-state index is -4.64. The Morgan fingerprint density at radius 3 is 1.11 bits per heavy atom. The van der Waals surface area contributed by atoms with Crippen LogP contribution >= 0.6 is 48.0 Å². The SMILES string of the molecule is CC(C)c1cc(-c2nnc(S(=O)(=O)CCCN(C)C)n2C(C)C)c(O)cc1O.CN(C)CCCCl.COCOc1cc(C)c(C(C)C)cc1-c1n[nH]c(=S)n1C(C)C.COCOc1cc(C)c(C(C)C)cc1-c1nnc(S(=O)(=O)CCCN(C)C)n1C(C)C.COCOc1cc(C)c(C(C)C)cc1-c1nnc(SCCCN(C)C)n1C(C)C.Cl.O=CC(F)(F)F. The van der Waals surface area contributed by atoms with Crippen LogP contribution in [0.5, 0.6) is 28.7 Å². The number of aromatic amines is 1. The van der Waals surface area contributed by atoms with E-state index in [1.807, 2.05) is 123 Å². The number of thioether (sulfide) groups is 1. The number of rotatable bonds is 39. The Hall–Kier alpha value is -7.33. The number of carbonyl (C=O) groups is 1. The smallest absolute Gasteiger partial charge is 0.446 e. The number of nitrogens with zero attached hydrogens (tertiary/aromatic N) is 15. The number of hydrogen-bond acceptors (Lipinski definition) is 26. The van der Waals surface area contributed by atoms with Crippen LogP contribution < -0.4 is 14.2 Å². The molecule has 4 aromatic heterocycles. The summed E-state index contributed by atoms with van der Waals surface area (Å²) in [6.07, 6.45) is -2.48. The van der Waals surface area contributed by atoms with Crippen LogP contribution in [0.25, 0.3) is 45.6 Å². The van der Waals surface area contributed by atoms with E-state index in [4.69, 9.17) is 57.0 Å². The number of benzene rings is 4. The summed E-state index contributed by atoms with van der Waals surface area (Å²) in [7, 11) is 13.5. The van der Waals surface area contributed by atoms with Crippen molar-refractivity contribution in [2.24, 2.45) is 0 Å². The van der Waals surface area contributed by atoms with Gasteiger partial charge in [0, 0.05) is 63.2 Å². The third kappa shape index (κ3) is 35.2. The van der Waals surface area contributed by atoms with E-state index >= 15 is 0 Å². The van der Waals surface area contributed by atoms with Crippen molar-refractivity contribution in [3.05, 3.63) is 92.2 Å². The molecule has 0 atom stereocenters. The molecule has 0 amide bonds. The summed E-state index contributed by atoms with van der Waals surface area (Å²) in [5.74, 6) is 7.25. The Balaban J connectivity index is 0.000000538. The lowest BCUT2D eigenvalue weighted by Crippen LogP contribution is -2.20. The molecule has 0 radical (unpaired) electrons. The Bertz CT molecular complexity index is 4890. The number of halogens is 5. The molecule has 706 valence electrons. The molecule has 0 saturated heterocycles. The number of methoxy groups -OCH3 is 3. The van der Waals surface area contributed by atoms with Gasteiger partial charge in [-0.3, -0.25) is 28.2 Å². The first kappa shape index (κ1) is 114. The summed E-state index contributed by atoms with van der Waals surface area (Å²) in [6.45, 7) is 43.2. The molecule has 0 fully saturated rings. The molecule has 0 unspecified atom stereocenters. The van der Waals surface area contributed by atoms with E-state index in [0.29, 0.717) is 76.7 Å². The molecule has 4 aromatic carbocycles. The number of nitrogens with one attached hydrogen (secondary N) is 1. The van der Waals surface area contributed by atoms with E-state index in [9.17, 15) is 40.2 Å². The molecule has 4 heterocycles. The standard InChI is InChI=1S/C22H36N4O4S.C22H36N4O2S.C19H30N4O4S.C17H25N3O2S.C5H12ClN.C2HF3O.ClH/c1-15(2)18-13-19(20(12-17(18)5)30-14-29-8)21-23-24-22(26(21)16(3)4)31(27,28)11-9-10-25(6)7;1-15(2)18-13-19(20(12-17(18)5)28-14-27-8)21-23-24-22(26(21)16(3)4)29-11-9-10-25(6)7;1-12(2)14-10-15(17(25)11-16(14)24)18-20-21-19(23(18)13(3)4)28(26,27)9-7-8-22(5)6;1-10(2)13-8-14(15(7-12(13)5)22-9-21-6)16-18-19-17(23)20(16)11(3)4;1-7(2)5-3-4-6;3-2(4,5)1-6;/h12-13,15-16H,9-11,14H2,1-8H3;12-13,15-16H,9-11,14H2,1-8H3;10-13,24-25H,7-9H2,1-6H3;7-8,10-11H,9H2,1-6H3,(H,19,23);3-5H2,1-2H3;1H;1H. The third-order valence-corrected chi connectivity index (χ3v) is 23.8. The Kier molecular flexibility index (Phi) is 49.3. The zero-order chi connectivity index (χ0) is 94.2. The predicted octanol–water partition coefficient (Wildman–Crippen LogP) is 18.4. The molecular formula is C87H141Cl2F3N16O13S4. The normalized spacial score (nSPS) is 11.8. The van der Waals surface area contributed by atoms with Crippen molar-refractivity contribution < 1.29 is 73.4 Å². The lowest BCUT2D eigenvalue weighted by atomic mass is 9.95. The second kappa shape index (κ2) is 54.2. The number of alkyl halides is 4. The molecule has 0 spiro atoms. The molecule has 0 aliphatic rings. The number of aromatic hydroxyl groups is 2. The molecule has 0 bridgehead atoms. The molecule has 0 saturated carbocycles. The lowest BCUT2D eigenvalue weighted by molar-refractivity contribution is -0.156. The summed E-state index contributed by atoms with van der Waals surface area (Å²) in [6, 6.07) is 15.4. The fourth-order valence-electron chi connectivity index (χ4n) is 13.0. The van der Waals surface area contributed by atoms with Crippen molar-refractivity contribution in [3.63, 3.8) is 0 Å². The molecule has 29 nitrogen and oxygen atoms in total. The molecule has 8 rings (SSSR count). The molecule has 0 aliphatic carbocycles. The summed E-state index contributed by atoms with van der Waals surface area (Å²) < 4.78 is 124. The summed E-state index contributed by atoms with van der Waals surface area (Å²) >= 11 is 12.6. The van der Waals surface area contributed by atoms with Gasteiger partial charge < -0.3 is 58.2 Å². The highest BCUT2D eigenvalue weighted by molar-refractivity contribution is 7.99. The quantitative estimate of drug-likeness (QED) is 0.00804. The minimum Gasteiger partial charge on any atom is -0.508 e. The largest absolute Gasteiger partial charge is 0.508 e. The van der Waals surface area contributed by atoms with Gasteiger partial charge in [-0.25, -0.2) is 16.8 Å². The van der Waals surface area contributed by atoms with Crippen LogP contribution in [0.1, 0.15) is 223 Å². The fourth-order valence-corrected chi connectivity index (χ4v) is 17.3. The number of sulfone groups is 2. The minimum absolute atomic E-state index is 0. The number of hydrogen-bond donors (Lipinski definition) is 3. The van der Waals surface area contributed by atoms with Gasteiger partial charge in [0.1, 0.15) is 28.7 Å². The average molecular weight is 1880 g/mol. The summed E-state index contributed by atoms with van der Waals surface area (Å²) in [5, 5.41) is 54.2. The van der Waals surface area contributed by atoms with Gasteiger partial charge in [0.2, 0.25) is 36.3 Å². The van der Waals surface area contributed by atoms with Crippen LogP contribution in [0.4, 0.5) is 13.2 Å². The number of H-pyrrole nitrogens is 1. The summed E-state index contributed by atoms with van der Waals surface area (Å²) in [4.78, 5) is 16.9. The van der Waals surface area contributed by atoms with Gasteiger partial charge in [0.25, 0.3) is 0 Å². The van der Waals surface area contributed by atoms with Crippen LogP contribution in [-0.2, 0) is 38.7 Å². The molecule has 125 heavy (non-hydrogen) atoms.